The number of carbonyl (C=O) groups is 1. The lowest BCUT2D eigenvalue weighted by Gasteiger charge is -2.34. The van der Waals surface area contributed by atoms with Crippen molar-refractivity contribution in [2.75, 3.05) is 50.3 Å². The second-order valence-electron chi connectivity index (χ2n) is 10.1. The van der Waals surface area contributed by atoms with Crippen LogP contribution in [0.25, 0.3) is 11.1 Å². The number of oxazole rings is 1. The maximum Gasteiger partial charge on any atom is 0.256 e. The molecule has 1 fully saturated rings. The summed E-state index contributed by atoms with van der Waals surface area (Å²) in [6, 6.07) is 11.4. The molecule has 1 saturated heterocycles. The highest BCUT2D eigenvalue weighted by molar-refractivity contribution is 7.99. The predicted octanol–water partition coefficient (Wildman–Crippen LogP) is 5.52. The number of anilines is 1. The summed E-state index contributed by atoms with van der Waals surface area (Å²) < 4.78 is 5.78. The number of piperazine rings is 1. The van der Waals surface area contributed by atoms with Crippen LogP contribution >= 0.6 is 11.8 Å². The van der Waals surface area contributed by atoms with E-state index in [1.807, 2.05) is 24.3 Å². The van der Waals surface area contributed by atoms with Gasteiger partial charge in [0.25, 0.3) is 5.22 Å². The third-order valence-corrected chi connectivity index (χ3v) is 7.56. The Morgan fingerprint density at radius 1 is 1.06 bits per heavy atom. The zero-order valence-electron chi connectivity index (χ0n) is 21.8. The van der Waals surface area contributed by atoms with E-state index >= 15 is 0 Å². The fourth-order valence-electron chi connectivity index (χ4n) is 4.64. The van der Waals surface area contributed by atoms with Crippen molar-refractivity contribution in [2.24, 2.45) is 0 Å². The van der Waals surface area contributed by atoms with E-state index in [9.17, 15) is 9.90 Å². The van der Waals surface area contributed by atoms with E-state index in [1.54, 1.807) is 23.9 Å². The molecule has 1 aliphatic rings. The van der Waals surface area contributed by atoms with Crippen molar-refractivity contribution in [3.63, 3.8) is 0 Å². The van der Waals surface area contributed by atoms with Crippen molar-refractivity contribution in [3.8, 4) is 5.75 Å². The standard InChI is InChI=1S/C28H38N4O3S/c1-19(2)22-16-21(33)17-23(20(3)4)27(22)30-26(34)18-32-13-11-31(12-14-32)10-7-15-36-28-29-24-8-5-6-9-25(24)35-28/h5-6,8-9,16-17,19-20,33H,7,10-15,18H2,1-4H3,(H,30,34). The molecule has 36 heavy (non-hydrogen) atoms. The number of para-hydroxylation sites is 2. The molecule has 0 spiro atoms. The Balaban J connectivity index is 1.21. The van der Waals surface area contributed by atoms with Gasteiger partial charge in [-0.3, -0.25) is 9.69 Å². The van der Waals surface area contributed by atoms with E-state index in [0.717, 1.165) is 78.0 Å². The van der Waals surface area contributed by atoms with Gasteiger partial charge in [-0.1, -0.05) is 51.6 Å². The minimum atomic E-state index is 0.00711. The van der Waals surface area contributed by atoms with Gasteiger partial charge in [-0.05, 0) is 60.2 Å². The number of thioether (sulfide) groups is 1. The lowest BCUT2D eigenvalue weighted by molar-refractivity contribution is -0.117. The summed E-state index contributed by atoms with van der Waals surface area (Å²) in [5.74, 6) is 1.64. The van der Waals surface area contributed by atoms with Gasteiger partial charge >= 0.3 is 0 Å². The zero-order chi connectivity index (χ0) is 25.7. The van der Waals surface area contributed by atoms with Gasteiger partial charge in [0.1, 0.15) is 11.3 Å². The van der Waals surface area contributed by atoms with Crippen LogP contribution in [0.2, 0.25) is 0 Å². The molecule has 1 aliphatic heterocycles. The molecule has 194 valence electrons. The van der Waals surface area contributed by atoms with Gasteiger partial charge in [0.15, 0.2) is 5.58 Å². The average molecular weight is 511 g/mol. The summed E-state index contributed by atoms with van der Waals surface area (Å²) in [6.07, 6.45) is 1.07. The number of aromatic hydroxyl groups is 1. The molecule has 2 N–H and O–H groups in total. The van der Waals surface area contributed by atoms with Crippen molar-refractivity contribution in [3.05, 3.63) is 47.5 Å². The maximum atomic E-state index is 13.0. The lowest BCUT2D eigenvalue weighted by Crippen LogP contribution is -2.48. The first-order valence-corrected chi connectivity index (χ1v) is 13.9. The molecule has 0 aliphatic carbocycles. The highest BCUT2D eigenvalue weighted by Gasteiger charge is 2.22. The van der Waals surface area contributed by atoms with Crippen LogP contribution in [0.5, 0.6) is 5.75 Å². The SMILES string of the molecule is CC(C)c1cc(O)cc(C(C)C)c1NC(=O)CN1CCN(CCCSc2nc3ccccc3o2)CC1. The highest BCUT2D eigenvalue weighted by Crippen LogP contribution is 2.36. The zero-order valence-corrected chi connectivity index (χ0v) is 22.6. The summed E-state index contributed by atoms with van der Waals surface area (Å²) in [7, 11) is 0. The van der Waals surface area contributed by atoms with Crippen molar-refractivity contribution in [1.82, 2.24) is 14.8 Å². The summed E-state index contributed by atoms with van der Waals surface area (Å²) >= 11 is 1.67. The molecule has 0 unspecified atom stereocenters. The number of hydrogen-bond acceptors (Lipinski definition) is 7. The van der Waals surface area contributed by atoms with E-state index < -0.39 is 0 Å². The maximum absolute atomic E-state index is 13.0. The summed E-state index contributed by atoms with van der Waals surface area (Å²) in [4.78, 5) is 22.2. The molecular formula is C28H38N4O3S. The Labute approximate surface area is 218 Å². The van der Waals surface area contributed by atoms with Crippen molar-refractivity contribution in [2.45, 2.75) is 51.2 Å². The van der Waals surface area contributed by atoms with Gasteiger partial charge < -0.3 is 19.7 Å². The van der Waals surface area contributed by atoms with Crippen LogP contribution in [-0.4, -0.2) is 70.8 Å². The number of aromatic nitrogens is 1. The fraction of sp³-hybridized carbons (Fsp3) is 0.500. The Bertz CT molecular complexity index is 1110. The number of amides is 1. The number of fused-ring (bicyclic) bond motifs is 1. The first kappa shape index (κ1) is 26.5. The molecule has 2 heterocycles. The van der Waals surface area contributed by atoms with Gasteiger partial charge in [0.2, 0.25) is 5.91 Å². The molecule has 3 aromatic rings. The summed E-state index contributed by atoms with van der Waals surface area (Å²) in [5.41, 5.74) is 4.57. The minimum absolute atomic E-state index is 0.00711. The number of phenolic OH excluding ortho intramolecular Hbond substituents is 1. The van der Waals surface area contributed by atoms with Gasteiger partial charge in [0, 0.05) is 37.6 Å². The van der Waals surface area contributed by atoms with Crippen molar-refractivity contribution < 1.29 is 14.3 Å². The Kier molecular flexibility index (Phi) is 8.93. The molecule has 0 radical (unpaired) electrons. The van der Waals surface area contributed by atoms with Crippen LogP contribution in [0.4, 0.5) is 5.69 Å². The van der Waals surface area contributed by atoms with Gasteiger partial charge in [-0.15, -0.1) is 0 Å². The monoisotopic (exact) mass is 510 g/mol. The van der Waals surface area contributed by atoms with Crippen molar-refractivity contribution >= 4 is 34.5 Å². The predicted molar refractivity (Wildman–Crippen MR) is 147 cm³/mol. The second kappa shape index (κ2) is 12.1. The number of rotatable bonds is 10. The molecule has 1 amide bonds. The molecule has 0 bridgehead atoms. The lowest BCUT2D eigenvalue weighted by atomic mass is 9.92. The Morgan fingerprint density at radius 3 is 2.33 bits per heavy atom. The molecular weight excluding hydrogens is 472 g/mol. The Morgan fingerprint density at radius 2 is 1.69 bits per heavy atom. The molecule has 1 aromatic heterocycles. The third-order valence-electron chi connectivity index (χ3n) is 6.64. The van der Waals surface area contributed by atoms with E-state index in [-0.39, 0.29) is 23.5 Å². The van der Waals surface area contributed by atoms with Gasteiger partial charge in [0.05, 0.1) is 6.54 Å². The second-order valence-corrected chi connectivity index (χ2v) is 11.2. The average Bonchev–Trinajstić information content (AvgIpc) is 3.26. The molecule has 0 saturated carbocycles. The number of nitrogens with zero attached hydrogens (tertiary/aromatic N) is 3. The normalized spacial score (nSPS) is 15.3. The Hall–Kier alpha value is -2.55. The molecule has 7 nitrogen and oxygen atoms in total. The van der Waals surface area contributed by atoms with Gasteiger partial charge in [-0.2, -0.15) is 0 Å². The van der Waals surface area contributed by atoms with E-state index in [4.69, 9.17) is 4.42 Å². The largest absolute Gasteiger partial charge is 0.508 e. The van der Waals surface area contributed by atoms with Crippen LogP contribution in [-0.2, 0) is 4.79 Å². The first-order valence-electron chi connectivity index (χ1n) is 12.9. The van der Waals surface area contributed by atoms with Crippen LogP contribution in [0, 0.1) is 0 Å². The van der Waals surface area contributed by atoms with Crippen LogP contribution in [0.3, 0.4) is 0 Å². The minimum Gasteiger partial charge on any atom is -0.508 e. The number of phenols is 1. The molecule has 4 rings (SSSR count). The fourth-order valence-corrected chi connectivity index (χ4v) is 5.40. The first-order chi connectivity index (χ1) is 17.3. The smallest absolute Gasteiger partial charge is 0.256 e. The number of carbonyl (C=O) groups excluding carboxylic acids is 1. The quantitative estimate of drug-likeness (QED) is 0.211. The molecule has 0 atom stereocenters. The highest BCUT2D eigenvalue weighted by atomic mass is 32.2. The van der Waals surface area contributed by atoms with E-state index in [2.05, 4.69) is 47.8 Å². The van der Waals surface area contributed by atoms with Crippen LogP contribution < -0.4 is 5.32 Å². The summed E-state index contributed by atoms with van der Waals surface area (Å²) in [5, 5.41) is 14.1. The van der Waals surface area contributed by atoms with E-state index in [1.165, 1.54) is 0 Å². The van der Waals surface area contributed by atoms with Crippen molar-refractivity contribution in [1.29, 1.82) is 0 Å². The molecule has 2 aromatic carbocycles. The number of benzene rings is 2. The topological polar surface area (TPSA) is 81.8 Å². The number of nitrogens with one attached hydrogen (secondary N) is 1. The number of hydrogen-bond donors (Lipinski definition) is 2. The van der Waals surface area contributed by atoms with Crippen LogP contribution in [0.15, 0.2) is 46.0 Å². The third kappa shape index (κ3) is 6.81. The van der Waals surface area contributed by atoms with Crippen LogP contribution in [0.1, 0.15) is 57.1 Å². The molecule has 8 heteroatoms. The van der Waals surface area contributed by atoms with E-state index in [0.29, 0.717) is 6.54 Å². The van der Waals surface area contributed by atoms with Gasteiger partial charge in [-0.25, -0.2) is 4.98 Å². The summed E-state index contributed by atoms with van der Waals surface area (Å²) in [6.45, 7) is 13.5.